The summed E-state index contributed by atoms with van der Waals surface area (Å²) < 4.78 is 5.59. The summed E-state index contributed by atoms with van der Waals surface area (Å²) in [5, 5.41) is 2.07. The van der Waals surface area contributed by atoms with E-state index in [1.165, 1.54) is 0 Å². The second kappa shape index (κ2) is 5.67. The number of benzene rings is 2. The maximum absolute atomic E-state index is 12.3. The minimum Gasteiger partial charge on any atom is -0.493 e. The van der Waals surface area contributed by atoms with Crippen LogP contribution in [0.25, 0.3) is 10.8 Å². The van der Waals surface area contributed by atoms with Crippen molar-refractivity contribution in [2.45, 2.75) is 26.7 Å². The predicted molar refractivity (Wildman–Crippen MR) is 74.4 cm³/mol. The second-order valence-corrected chi connectivity index (χ2v) is 4.27. The molecular weight excluding hydrogens is 224 g/mol. The fourth-order valence-corrected chi connectivity index (χ4v) is 2.17. The van der Waals surface area contributed by atoms with Crippen LogP contribution in [0.1, 0.15) is 37.0 Å². The van der Waals surface area contributed by atoms with Gasteiger partial charge in [-0.2, -0.15) is 0 Å². The number of carbonyl (C=O) groups is 1. The highest BCUT2D eigenvalue weighted by atomic mass is 16.5. The lowest BCUT2D eigenvalue weighted by Crippen LogP contribution is -2.04. The lowest BCUT2D eigenvalue weighted by Gasteiger charge is -2.12. The van der Waals surface area contributed by atoms with E-state index < -0.39 is 0 Å². The SMILES string of the molecule is CCCC(=O)c1c(OCC)ccc2ccccc12. The Hall–Kier alpha value is -1.83. The Kier molecular flexibility index (Phi) is 3.98. The topological polar surface area (TPSA) is 26.3 Å². The van der Waals surface area contributed by atoms with Crippen molar-refractivity contribution in [1.29, 1.82) is 0 Å². The molecule has 0 bridgehead atoms. The summed E-state index contributed by atoms with van der Waals surface area (Å²) in [5.74, 6) is 0.868. The molecule has 0 amide bonds. The molecule has 0 heterocycles. The van der Waals surface area contributed by atoms with Crippen LogP contribution in [0.3, 0.4) is 0 Å². The molecule has 0 N–H and O–H groups in total. The van der Waals surface area contributed by atoms with E-state index in [2.05, 4.69) is 0 Å². The van der Waals surface area contributed by atoms with Crippen molar-refractivity contribution in [2.75, 3.05) is 6.61 Å². The standard InChI is InChI=1S/C16H18O2/c1-3-7-14(17)16-13-9-6-5-8-12(13)10-11-15(16)18-4-2/h5-6,8-11H,3-4,7H2,1-2H3. The Labute approximate surface area is 108 Å². The molecule has 0 spiro atoms. The van der Waals surface area contributed by atoms with Gasteiger partial charge in [0.05, 0.1) is 12.2 Å². The van der Waals surface area contributed by atoms with Gasteiger partial charge in [-0.3, -0.25) is 4.79 Å². The Balaban J connectivity index is 2.62. The third kappa shape index (κ3) is 2.37. The number of hydrogen-bond acceptors (Lipinski definition) is 2. The highest BCUT2D eigenvalue weighted by Gasteiger charge is 2.15. The number of hydrogen-bond donors (Lipinski definition) is 0. The van der Waals surface area contributed by atoms with Crippen LogP contribution in [0.4, 0.5) is 0 Å². The summed E-state index contributed by atoms with van der Waals surface area (Å²) in [6, 6.07) is 11.9. The zero-order valence-corrected chi connectivity index (χ0v) is 10.9. The number of ether oxygens (including phenoxy) is 1. The average Bonchev–Trinajstić information content (AvgIpc) is 2.39. The van der Waals surface area contributed by atoms with Crippen LogP contribution in [0.2, 0.25) is 0 Å². The van der Waals surface area contributed by atoms with Crippen LogP contribution in [-0.2, 0) is 0 Å². The molecular formula is C16H18O2. The van der Waals surface area contributed by atoms with Gasteiger partial charge in [0.2, 0.25) is 0 Å². The van der Waals surface area contributed by atoms with E-state index in [9.17, 15) is 4.79 Å². The van der Waals surface area contributed by atoms with Gasteiger partial charge in [-0.15, -0.1) is 0 Å². The highest BCUT2D eigenvalue weighted by molar-refractivity contribution is 6.10. The third-order valence-corrected chi connectivity index (χ3v) is 2.95. The Morgan fingerprint density at radius 3 is 2.61 bits per heavy atom. The van der Waals surface area contributed by atoms with E-state index in [0.717, 1.165) is 22.8 Å². The minimum absolute atomic E-state index is 0.165. The molecule has 2 aromatic carbocycles. The van der Waals surface area contributed by atoms with E-state index >= 15 is 0 Å². The molecule has 0 aliphatic heterocycles. The smallest absolute Gasteiger partial charge is 0.167 e. The molecule has 2 nitrogen and oxygen atoms in total. The Morgan fingerprint density at radius 1 is 1.11 bits per heavy atom. The number of rotatable bonds is 5. The van der Waals surface area contributed by atoms with Gasteiger partial charge in [0.25, 0.3) is 0 Å². The van der Waals surface area contributed by atoms with E-state index in [4.69, 9.17) is 4.74 Å². The van der Waals surface area contributed by atoms with Gasteiger partial charge < -0.3 is 4.74 Å². The van der Waals surface area contributed by atoms with Gasteiger partial charge in [0.15, 0.2) is 5.78 Å². The van der Waals surface area contributed by atoms with Crippen molar-refractivity contribution in [3.63, 3.8) is 0 Å². The fourth-order valence-electron chi connectivity index (χ4n) is 2.17. The van der Waals surface area contributed by atoms with Gasteiger partial charge in [0.1, 0.15) is 5.75 Å². The summed E-state index contributed by atoms with van der Waals surface area (Å²) in [7, 11) is 0. The molecule has 0 saturated heterocycles. The molecule has 0 fully saturated rings. The number of Topliss-reactive ketones (excluding diaryl/α,β-unsaturated/α-hetero) is 1. The molecule has 2 heteroatoms. The molecule has 0 radical (unpaired) electrons. The van der Waals surface area contributed by atoms with Gasteiger partial charge >= 0.3 is 0 Å². The molecule has 0 aliphatic rings. The predicted octanol–water partition coefficient (Wildman–Crippen LogP) is 4.22. The first-order valence-corrected chi connectivity index (χ1v) is 6.45. The summed E-state index contributed by atoms with van der Waals surface area (Å²) in [5.41, 5.74) is 0.733. The zero-order valence-electron chi connectivity index (χ0n) is 10.9. The summed E-state index contributed by atoms with van der Waals surface area (Å²) in [6.07, 6.45) is 1.42. The molecule has 94 valence electrons. The molecule has 0 atom stereocenters. The van der Waals surface area contributed by atoms with Gasteiger partial charge in [-0.25, -0.2) is 0 Å². The van der Waals surface area contributed by atoms with E-state index in [-0.39, 0.29) is 5.78 Å². The van der Waals surface area contributed by atoms with E-state index in [1.54, 1.807) is 0 Å². The van der Waals surface area contributed by atoms with Gasteiger partial charge in [-0.05, 0) is 30.2 Å². The van der Waals surface area contributed by atoms with E-state index in [0.29, 0.717) is 18.8 Å². The molecule has 0 unspecified atom stereocenters. The van der Waals surface area contributed by atoms with Gasteiger partial charge in [-0.1, -0.05) is 37.3 Å². The van der Waals surface area contributed by atoms with Gasteiger partial charge in [0, 0.05) is 6.42 Å². The van der Waals surface area contributed by atoms with Crippen LogP contribution in [0.5, 0.6) is 5.75 Å². The fraction of sp³-hybridized carbons (Fsp3) is 0.312. The maximum Gasteiger partial charge on any atom is 0.167 e. The van der Waals surface area contributed by atoms with Crippen molar-refractivity contribution in [1.82, 2.24) is 0 Å². The number of carbonyl (C=O) groups excluding carboxylic acids is 1. The van der Waals surface area contributed by atoms with Crippen molar-refractivity contribution in [3.05, 3.63) is 42.0 Å². The minimum atomic E-state index is 0.165. The molecule has 2 rings (SSSR count). The summed E-state index contributed by atoms with van der Waals surface area (Å²) >= 11 is 0. The zero-order chi connectivity index (χ0) is 13.0. The first kappa shape index (κ1) is 12.6. The van der Waals surface area contributed by atoms with Crippen molar-refractivity contribution < 1.29 is 9.53 Å². The van der Waals surface area contributed by atoms with Crippen LogP contribution in [0, 0.1) is 0 Å². The Bertz CT molecular complexity index is 558. The maximum atomic E-state index is 12.3. The molecule has 0 aliphatic carbocycles. The largest absolute Gasteiger partial charge is 0.493 e. The first-order chi connectivity index (χ1) is 8.77. The average molecular weight is 242 g/mol. The lowest BCUT2D eigenvalue weighted by atomic mass is 9.98. The summed E-state index contributed by atoms with van der Waals surface area (Å²) in [6.45, 7) is 4.53. The van der Waals surface area contributed by atoms with Crippen LogP contribution >= 0.6 is 0 Å². The number of ketones is 1. The molecule has 0 saturated carbocycles. The quantitative estimate of drug-likeness (QED) is 0.734. The van der Waals surface area contributed by atoms with E-state index in [1.807, 2.05) is 50.2 Å². The van der Waals surface area contributed by atoms with Crippen molar-refractivity contribution in [3.8, 4) is 5.75 Å². The summed E-state index contributed by atoms with van der Waals surface area (Å²) in [4.78, 5) is 12.3. The van der Waals surface area contributed by atoms with Crippen LogP contribution < -0.4 is 4.74 Å². The normalized spacial score (nSPS) is 10.6. The van der Waals surface area contributed by atoms with Crippen LogP contribution in [-0.4, -0.2) is 12.4 Å². The van der Waals surface area contributed by atoms with Crippen molar-refractivity contribution in [2.24, 2.45) is 0 Å². The molecule has 0 aromatic heterocycles. The Morgan fingerprint density at radius 2 is 1.89 bits per heavy atom. The highest BCUT2D eigenvalue weighted by Crippen LogP contribution is 2.29. The van der Waals surface area contributed by atoms with Crippen LogP contribution in [0.15, 0.2) is 36.4 Å². The monoisotopic (exact) mass is 242 g/mol. The molecule has 18 heavy (non-hydrogen) atoms. The van der Waals surface area contributed by atoms with Crippen molar-refractivity contribution >= 4 is 16.6 Å². The first-order valence-electron chi connectivity index (χ1n) is 6.45. The third-order valence-electron chi connectivity index (χ3n) is 2.95. The lowest BCUT2D eigenvalue weighted by molar-refractivity contribution is 0.0980. The number of fused-ring (bicyclic) bond motifs is 1. The second-order valence-electron chi connectivity index (χ2n) is 4.27. The molecule has 2 aromatic rings.